The number of benzene rings is 1. The number of rotatable bonds is 6. The summed E-state index contributed by atoms with van der Waals surface area (Å²) in [5.41, 5.74) is 4.33. The summed E-state index contributed by atoms with van der Waals surface area (Å²) < 4.78 is 23.5. The van der Waals surface area contributed by atoms with Gasteiger partial charge in [-0.1, -0.05) is 12.1 Å². The van der Waals surface area contributed by atoms with Crippen molar-refractivity contribution in [1.29, 1.82) is 0 Å². The molecule has 0 aliphatic carbocycles. The van der Waals surface area contributed by atoms with Crippen LogP contribution >= 0.6 is 11.3 Å². The van der Waals surface area contributed by atoms with Crippen molar-refractivity contribution in [1.82, 2.24) is 9.99 Å². The standard InChI is InChI=1S/C12H16N4O2S2/c1-16(13)12(11-7-19-8-14-11)6-9-2-4-10(5-3-9)15-20(17)18/h2-5,7-8,12,20H,6,13H2,1H3,(H,15,17,18)/t12-/m0/s1. The zero-order chi connectivity index (χ0) is 14.5. The average Bonchev–Trinajstić information content (AvgIpc) is 2.90. The highest BCUT2D eigenvalue weighted by Gasteiger charge is 2.17. The van der Waals surface area contributed by atoms with Crippen molar-refractivity contribution in [3.63, 3.8) is 0 Å². The largest absolute Gasteiger partial charge is 0.286 e. The molecule has 0 amide bonds. The summed E-state index contributed by atoms with van der Waals surface area (Å²) in [6.07, 6.45) is 0.709. The lowest BCUT2D eigenvalue weighted by Gasteiger charge is -2.22. The quantitative estimate of drug-likeness (QED) is 0.423. The molecule has 2 aromatic rings. The lowest BCUT2D eigenvalue weighted by atomic mass is 10.0. The van der Waals surface area contributed by atoms with Gasteiger partial charge < -0.3 is 0 Å². The van der Waals surface area contributed by atoms with Gasteiger partial charge in [-0.2, -0.15) is 0 Å². The van der Waals surface area contributed by atoms with Gasteiger partial charge in [0, 0.05) is 18.1 Å². The summed E-state index contributed by atoms with van der Waals surface area (Å²) in [6.45, 7) is 0. The Bertz CT molecular complexity index is 601. The molecule has 1 aromatic carbocycles. The molecule has 1 heterocycles. The first-order valence-corrected chi connectivity index (χ1v) is 8.04. The van der Waals surface area contributed by atoms with E-state index < -0.39 is 10.9 Å². The molecule has 20 heavy (non-hydrogen) atoms. The van der Waals surface area contributed by atoms with Crippen LogP contribution in [-0.2, 0) is 17.3 Å². The number of nitrogens with zero attached hydrogens (tertiary/aromatic N) is 2. The van der Waals surface area contributed by atoms with Crippen LogP contribution < -0.4 is 10.6 Å². The smallest absolute Gasteiger partial charge is 0.222 e. The van der Waals surface area contributed by atoms with Crippen molar-refractivity contribution in [2.45, 2.75) is 12.5 Å². The highest BCUT2D eigenvalue weighted by Crippen LogP contribution is 2.22. The number of likely N-dealkylation sites (N-methyl/N-ethyl adjacent to an activating group) is 1. The van der Waals surface area contributed by atoms with Crippen LogP contribution in [0.5, 0.6) is 0 Å². The van der Waals surface area contributed by atoms with Gasteiger partial charge in [0.25, 0.3) is 0 Å². The van der Waals surface area contributed by atoms with Crippen LogP contribution in [0.15, 0.2) is 35.2 Å². The predicted molar refractivity (Wildman–Crippen MR) is 80.9 cm³/mol. The molecule has 0 saturated heterocycles. The fraction of sp³-hybridized carbons (Fsp3) is 0.250. The van der Waals surface area contributed by atoms with Crippen LogP contribution in [0.3, 0.4) is 0 Å². The maximum atomic E-state index is 10.6. The fourth-order valence-electron chi connectivity index (χ4n) is 1.89. The van der Waals surface area contributed by atoms with Gasteiger partial charge in [-0.15, -0.1) is 11.3 Å². The predicted octanol–water partition coefficient (Wildman–Crippen LogP) is 1.17. The molecule has 0 aliphatic heterocycles. The second-order valence-electron chi connectivity index (χ2n) is 4.36. The number of nitrogens with one attached hydrogen (secondary N) is 1. The van der Waals surface area contributed by atoms with Crippen LogP contribution in [-0.4, -0.2) is 25.5 Å². The molecule has 0 fully saturated rings. The second kappa shape index (κ2) is 6.80. The van der Waals surface area contributed by atoms with E-state index in [9.17, 15) is 8.42 Å². The van der Waals surface area contributed by atoms with Gasteiger partial charge in [-0.05, 0) is 24.1 Å². The third kappa shape index (κ3) is 4.01. The minimum atomic E-state index is -2.63. The van der Waals surface area contributed by atoms with Crippen LogP contribution in [0.2, 0.25) is 0 Å². The molecule has 0 spiro atoms. The molecule has 1 aromatic heterocycles. The maximum Gasteiger partial charge on any atom is 0.222 e. The molecule has 1 atom stereocenters. The number of anilines is 1. The Kier molecular flexibility index (Phi) is 5.07. The molecular weight excluding hydrogens is 296 g/mol. The Morgan fingerprint density at radius 1 is 1.40 bits per heavy atom. The minimum Gasteiger partial charge on any atom is -0.286 e. The van der Waals surface area contributed by atoms with Crippen molar-refractivity contribution in [3.8, 4) is 0 Å². The molecule has 6 nitrogen and oxygen atoms in total. The summed E-state index contributed by atoms with van der Waals surface area (Å²) in [7, 11) is -0.822. The molecule has 8 heteroatoms. The summed E-state index contributed by atoms with van der Waals surface area (Å²) in [5.74, 6) is 5.88. The normalized spacial score (nSPS) is 12.8. The molecule has 0 saturated carbocycles. The molecule has 0 unspecified atom stereocenters. The summed E-state index contributed by atoms with van der Waals surface area (Å²) in [4.78, 5) is 4.30. The summed E-state index contributed by atoms with van der Waals surface area (Å²) in [5, 5.41) is 3.61. The lowest BCUT2D eigenvalue weighted by Crippen LogP contribution is -2.32. The third-order valence-corrected chi connectivity index (χ3v) is 3.93. The van der Waals surface area contributed by atoms with Gasteiger partial charge in [0.15, 0.2) is 0 Å². The number of thiazole rings is 1. The first-order valence-electron chi connectivity index (χ1n) is 5.92. The number of hydrogen-bond acceptors (Lipinski definition) is 6. The minimum absolute atomic E-state index is 0.00352. The van der Waals surface area contributed by atoms with E-state index in [-0.39, 0.29) is 6.04 Å². The van der Waals surface area contributed by atoms with Gasteiger partial charge in [-0.25, -0.2) is 18.4 Å². The zero-order valence-corrected chi connectivity index (χ0v) is 12.6. The van der Waals surface area contributed by atoms with Crippen LogP contribution in [0, 0.1) is 0 Å². The summed E-state index contributed by atoms with van der Waals surface area (Å²) >= 11 is 1.53. The lowest BCUT2D eigenvalue weighted by molar-refractivity contribution is 0.246. The van der Waals surface area contributed by atoms with E-state index in [1.165, 1.54) is 11.3 Å². The molecular formula is C12H16N4O2S2. The fourth-order valence-corrected chi connectivity index (χ4v) is 2.85. The second-order valence-corrected chi connectivity index (χ2v) is 5.82. The Morgan fingerprint density at radius 3 is 2.60 bits per heavy atom. The highest BCUT2D eigenvalue weighted by atomic mass is 32.2. The maximum absolute atomic E-state index is 10.6. The highest BCUT2D eigenvalue weighted by molar-refractivity contribution is 7.73. The van der Waals surface area contributed by atoms with E-state index in [2.05, 4.69) is 9.71 Å². The van der Waals surface area contributed by atoms with Gasteiger partial charge in [0.2, 0.25) is 10.9 Å². The van der Waals surface area contributed by atoms with Gasteiger partial charge in [-0.3, -0.25) is 10.6 Å². The topological polar surface area (TPSA) is 88.3 Å². The van der Waals surface area contributed by atoms with E-state index in [1.54, 1.807) is 22.7 Å². The van der Waals surface area contributed by atoms with Crippen molar-refractivity contribution < 1.29 is 8.42 Å². The first kappa shape index (κ1) is 14.9. The monoisotopic (exact) mass is 312 g/mol. The number of aromatic nitrogens is 1. The van der Waals surface area contributed by atoms with Crippen molar-refractivity contribution in [2.24, 2.45) is 5.84 Å². The van der Waals surface area contributed by atoms with Crippen molar-refractivity contribution in [3.05, 3.63) is 46.4 Å². The molecule has 0 radical (unpaired) electrons. The third-order valence-electron chi connectivity index (χ3n) is 2.89. The Labute approximate surface area is 123 Å². The molecule has 0 aliphatic rings. The van der Waals surface area contributed by atoms with Gasteiger partial charge >= 0.3 is 0 Å². The number of hydrazine groups is 1. The van der Waals surface area contributed by atoms with E-state index in [4.69, 9.17) is 5.84 Å². The number of thiol groups is 1. The van der Waals surface area contributed by atoms with Gasteiger partial charge in [0.1, 0.15) is 0 Å². The van der Waals surface area contributed by atoms with Crippen molar-refractivity contribution >= 4 is 27.9 Å². The Morgan fingerprint density at radius 2 is 2.10 bits per heavy atom. The van der Waals surface area contributed by atoms with Crippen molar-refractivity contribution in [2.75, 3.05) is 11.8 Å². The molecule has 2 rings (SSSR count). The van der Waals surface area contributed by atoms with E-state index >= 15 is 0 Å². The summed E-state index contributed by atoms with van der Waals surface area (Å²) in [6, 6.07) is 7.22. The zero-order valence-electron chi connectivity index (χ0n) is 10.9. The van der Waals surface area contributed by atoms with Crippen LogP contribution in [0.25, 0.3) is 0 Å². The molecule has 3 N–H and O–H groups in total. The van der Waals surface area contributed by atoms with E-state index in [0.717, 1.165) is 11.3 Å². The first-order chi connectivity index (χ1) is 9.56. The number of nitrogens with two attached hydrogens (primary N) is 1. The molecule has 0 bridgehead atoms. The van der Waals surface area contributed by atoms with E-state index in [1.807, 2.05) is 24.6 Å². The molecule has 108 valence electrons. The Hall–Kier alpha value is -1.48. The van der Waals surface area contributed by atoms with Crippen LogP contribution in [0.4, 0.5) is 5.69 Å². The SMILES string of the molecule is CN(N)[C@@H](Cc1ccc(N[SH](=O)=O)cc1)c1cscn1. The average molecular weight is 312 g/mol. The Balaban J connectivity index is 2.11. The van der Waals surface area contributed by atoms with Gasteiger partial charge in [0.05, 0.1) is 17.2 Å². The van der Waals surface area contributed by atoms with Crippen LogP contribution in [0.1, 0.15) is 17.3 Å². The number of hydrogen-bond donors (Lipinski definition) is 3. The van der Waals surface area contributed by atoms with E-state index in [0.29, 0.717) is 12.1 Å².